The molecule has 0 aliphatic heterocycles. The molecule has 2 nitrogen and oxygen atoms in total. The van der Waals surface area contributed by atoms with Crippen LogP contribution in [0.15, 0.2) is 60.7 Å². The van der Waals surface area contributed by atoms with Crippen LogP contribution in [0.2, 0.25) is 5.04 Å². The van der Waals surface area contributed by atoms with Gasteiger partial charge in [-0.15, -0.1) is 5.92 Å². The van der Waals surface area contributed by atoms with Gasteiger partial charge in [0.15, 0.2) is 0 Å². The van der Waals surface area contributed by atoms with Crippen LogP contribution in [-0.2, 0) is 9.22 Å². The molecule has 3 heteroatoms. The molecule has 0 radical (unpaired) electrons. The van der Waals surface area contributed by atoms with Gasteiger partial charge in [0.05, 0.1) is 0 Å². The van der Waals surface area contributed by atoms with Gasteiger partial charge in [-0.2, -0.15) is 0 Å². The maximum Gasteiger partial charge on any atom is 0.261 e. The standard InChI is InChI=1S/C23H28O2Si/c1-5-12-20(17-18-24)19-25-26(23(2,3)4,21-13-8-6-9-14-21)22-15-10-7-11-16-22/h6-11,13-16,18,20H,17,19H2,1-4H3/t20-/m0/s1. The summed E-state index contributed by atoms with van der Waals surface area (Å²) < 4.78 is 6.81. The third kappa shape index (κ3) is 4.33. The summed E-state index contributed by atoms with van der Waals surface area (Å²) in [5, 5.41) is 2.42. The molecule has 0 unspecified atom stereocenters. The van der Waals surface area contributed by atoms with E-state index in [1.165, 1.54) is 10.4 Å². The van der Waals surface area contributed by atoms with Crippen LogP contribution in [0.3, 0.4) is 0 Å². The molecule has 0 bridgehead atoms. The smallest absolute Gasteiger partial charge is 0.261 e. The van der Waals surface area contributed by atoms with Crippen molar-refractivity contribution in [1.29, 1.82) is 0 Å². The Balaban J connectivity index is 2.56. The zero-order valence-electron chi connectivity index (χ0n) is 16.2. The van der Waals surface area contributed by atoms with Crippen molar-refractivity contribution in [2.45, 2.75) is 39.2 Å². The number of carbonyl (C=O) groups excluding carboxylic acids is 1. The Kier molecular flexibility index (Phi) is 6.96. The third-order valence-electron chi connectivity index (χ3n) is 4.65. The molecule has 0 heterocycles. The molecule has 136 valence electrons. The molecule has 1 atom stereocenters. The highest BCUT2D eigenvalue weighted by Crippen LogP contribution is 2.37. The number of carbonyl (C=O) groups is 1. The Morgan fingerprint density at radius 1 is 1.00 bits per heavy atom. The quantitative estimate of drug-likeness (QED) is 0.424. The first kappa shape index (κ1) is 20.2. The maximum atomic E-state index is 11.0. The van der Waals surface area contributed by atoms with Gasteiger partial charge in [-0.05, 0) is 22.3 Å². The molecule has 2 aromatic rings. The van der Waals surface area contributed by atoms with Gasteiger partial charge >= 0.3 is 0 Å². The summed E-state index contributed by atoms with van der Waals surface area (Å²) >= 11 is 0. The molecular weight excluding hydrogens is 336 g/mol. The van der Waals surface area contributed by atoms with Crippen molar-refractivity contribution in [3.8, 4) is 11.8 Å². The Bertz CT molecular complexity index is 712. The van der Waals surface area contributed by atoms with Crippen LogP contribution in [0.25, 0.3) is 0 Å². The van der Waals surface area contributed by atoms with E-state index in [9.17, 15) is 4.79 Å². The highest BCUT2D eigenvalue weighted by molar-refractivity contribution is 6.99. The lowest BCUT2D eigenvalue weighted by atomic mass is 10.1. The first-order chi connectivity index (χ1) is 12.5. The molecular formula is C23H28O2Si. The van der Waals surface area contributed by atoms with E-state index in [0.29, 0.717) is 13.0 Å². The van der Waals surface area contributed by atoms with E-state index in [0.717, 1.165) is 6.29 Å². The lowest BCUT2D eigenvalue weighted by Crippen LogP contribution is -2.66. The molecule has 0 spiro atoms. The largest absolute Gasteiger partial charge is 0.406 e. The van der Waals surface area contributed by atoms with Crippen LogP contribution in [-0.4, -0.2) is 21.2 Å². The van der Waals surface area contributed by atoms with Crippen LogP contribution < -0.4 is 10.4 Å². The molecule has 0 amide bonds. The van der Waals surface area contributed by atoms with Gasteiger partial charge < -0.3 is 9.22 Å². The second-order valence-electron chi connectivity index (χ2n) is 7.47. The zero-order valence-corrected chi connectivity index (χ0v) is 17.2. The summed E-state index contributed by atoms with van der Waals surface area (Å²) in [4.78, 5) is 11.0. The number of hydrogen-bond acceptors (Lipinski definition) is 2. The van der Waals surface area contributed by atoms with Gasteiger partial charge in [0.2, 0.25) is 0 Å². The molecule has 0 saturated carbocycles. The van der Waals surface area contributed by atoms with Crippen molar-refractivity contribution < 1.29 is 9.22 Å². The normalized spacial score (nSPS) is 12.8. The average molecular weight is 365 g/mol. The molecule has 0 aliphatic rings. The maximum absolute atomic E-state index is 11.0. The summed E-state index contributed by atoms with van der Waals surface area (Å²) in [6.07, 6.45) is 1.34. The Labute approximate surface area is 158 Å². The molecule has 0 aromatic heterocycles. The van der Waals surface area contributed by atoms with Crippen LogP contribution in [0.1, 0.15) is 34.1 Å². The molecule has 0 saturated heterocycles. The number of hydrogen-bond donors (Lipinski definition) is 0. The molecule has 0 N–H and O–H groups in total. The number of rotatable bonds is 7. The van der Waals surface area contributed by atoms with Gasteiger partial charge in [-0.25, -0.2) is 0 Å². The number of benzene rings is 2. The van der Waals surface area contributed by atoms with Crippen molar-refractivity contribution in [2.75, 3.05) is 6.61 Å². The van der Waals surface area contributed by atoms with Crippen LogP contribution in [0, 0.1) is 17.8 Å². The van der Waals surface area contributed by atoms with E-state index in [-0.39, 0.29) is 11.0 Å². The summed E-state index contributed by atoms with van der Waals surface area (Å²) in [6.45, 7) is 9.02. The monoisotopic (exact) mass is 364 g/mol. The first-order valence-corrected chi connectivity index (χ1v) is 11.0. The second kappa shape index (κ2) is 8.98. The lowest BCUT2D eigenvalue weighted by molar-refractivity contribution is -0.108. The average Bonchev–Trinajstić information content (AvgIpc) is 2.63. The van der Waals surface area contributed by atoms with E-state index in [1.54, 1.807) is 6.92 Å². The van der Waals surface area contributed by atoms with E-state index in [1.807, 2.05) is 12.1 Å². The molecule has 26 heavy (non-hydrogen) atoms. The van der Waals surface area contributed by atoms with Crippen molar-refractivity contribution >= 4 is 25.0 Å². The minimum absolute atomic E-state index is 0.0684. The Hall–Kier alpha value is -2.15. The molecule has 2 aromatic carbocycles. The fourth-order valence-corrected chi connectivity index (χ4v) is 8.08. The second-order valence-corrected chi connectivity index (χ2v) is 11.8. The summed E-state index contributed by atoms with van der Waals surface area (Å²) in [7, 11) is -2.55. The SMILES string of the molecule is CC#C[C@@H](CC=O)CO[Si](c1ccccc1)(c1ccccc1)C(C)(C)C. The summed E-state index contributed by atoms with van der Waals surface area (Å²) in [5.41, 5.74) is 0. The highest BCUT2D eigenvalue weighted by Gasteiger charge is 2.50. The summed E-state index contributed by atoms with van der Waals surface area (Å²) in [6, 6.07) is 21.1. The van der Waals surface area contributed by atoms with Crippen LogP contribution in [0.5, 0.6) is 0 Å². The topological polar surface area (TPSA) is 26.3 Å². The van der Waals surface area contributed by atoms with Gasteiger partial charge in [0, 0.05) is 18.9 Å². The number of aldehydes is 1. The van der Waals surface area contributed by atoms with Crippen LogP contribution in [0.4, 0.5) is 0 Å². The fraction of sp³-hybridized carbons (Fsp3) is 0.348. The molecule has 0 fully saturated rings. The minimum atomic E-state index is -2.55. The van der Waals surface area contributed by atoms with E-state index in [2.05, 4.69) is 81.1 Å². The lowest BCUT2D eigenvalue weighted by Gasteiger charge is -2.43. The Morgan fingerprint density at radius 3 is 1.88 bits per heavy atom. The minimum Gasteiger partial charge on any atom is -0.406 e. The predicted molar refractivity (Wildman–Crippen MR) is 111 cm³/mol. The van der Waals surface area contributed by atoms with E-state index in [4.69, 9.17) is 4.43 Å². The predicted octanol–water partition coefficient (Wildman–Crippen LogP) is 3.79. The molecule has 2 rings (SSSR count). The Morgan fingerprint density at radius 2 is 1.50 bits per heavy atom. The van der Waals surface area contributed by atoms with Gasteiger partial charge in [-0.3, -0.25) is 0 Å². The van der Waals surface area contributed by atoms with E-state index < -0.39 is 8.32 Å². The third-order valence-corrected chi connectivity index (χ3v) is 9.65. The molecule has 0 aliphatic carbocycles. The fourth-order valence-electron chi connectivity index (χ4n) is 3.48. The van der Waals surface area contributed by atoms with Gasteiger partial charge in [0.25, 0.3) is 8.32 Å². The zero-order chi connectivity index (χ0) is 19.0. The van der Waals surface area contributed by atoms with Gasteiger partial charge in [-0.1, -0.05) is 87.4 Å². The van der Waals surface area contributed by atoms with Crippen LogP contribution >= 0.6 is 0 Å². The van der Waals surface area contributed by atoms with Crippen molar-refractivity contribution in [2.24, 2.45) is 5.92 Å². The van der Waals surface area contributed by atoms with E-state index >= 15 is 0 Å². The van der Waals surface area contributed by atoms with Gasteiger partial charge in [0.1, 0.15) is 6.29 Å². The van der Waals surface area contributed by atoms with Crippen molar-refractivity contribution in [3.05, 3.63) is 60.7 Å². The summed E-state index contributed by atoms with van der Waals surface area (Å²) in [5.74, 6) is 5.99. The van der Waals surface area contributed by atoms with Crippen molar-refractivity contribution in [1.82, 2.24) is 0 Å². The highest BCUT2D eigenvalue weighted by atomic mass is 28.4. The van der Waals surface area contributed by atoms with Crippen molar-refractivity contribution in [3.63, 3.8) is 0 Å². The first-order valence-electron chi connectivity index (χ1n) is 9.06.